The molecule has 0 aliphatic carbocycles. The van der Waals surface area contributed by atoms with Crippen LogP contribution in [-0.2, 0) is 0 Å². The molecule has 0 bridgehead atoms. The summed E-state index contributed by atoms with van der Waals surface area (Å²) in [6.45, 7) is 2.74. The summed E-state index contributed by atoms with van der Waals surface area (Å²) in [5.74, 6) is 0.507. The van der Waals surface area contributed by atoms with E-state index in [9.17, 15) is 4.79 Å². The van der Waals surface area contributed by atoms with Crippen molar-refractivity contribution in [1.82, 2.24) is 4.90 Å². The van der Waals surface area contributed by atoms with Gasteiger partial charge in [0.2, 0.25) is 0 Å². The second-order valence-electron chi connectivity index (χ2n) is 5.14. The maximum atomic E-state index is 12.6. The van der Waals surface area contributed by atoms with Crippen LogP contribution in [0.3, 0.4) is 0 Å². The zero-order valence-electron chi connectivity index (χ0n) is 11.2. The zero-order valence-corrected chi connectivity index (χ0v) is 12.7. The van der Waals surface area contributed by atoms with E-state index in [1.807, 2.05) is 30.0 Å². The summed E-state index contributed by atoms with van der Waals surface area (Å²) in [7, 11) is 0. The van der Waals surface area contributed by atoms with Crippen LogP contribution in [0.1, 0.15) is 41.6 Å². The second kappa shape index (κ2) is 6.62. The molecule has 1 aliphatic rings. The van der Waals surface area contributed by atoms with Gasteiger partial charge in [0.1, 0.15) is 0 Å². The fraction of sp³-hybridized carbons (Fsp3) is 0.533. The number of hydrogen-bond donors (Lipinski definition) is 0. The van der Waals surface area contributed by atoms with Gasteiger partial charge in [0.15, 0.2) is 0 Å². The van der Waals surface area contributed by atoms with Crippen LogP contribution in [0.2, 0.25) is 5.02 Å². The summed E-state index contributed by atoms with van der Waals surface area (Å²) < 4.78 is 0. The number of likely N-dealkylation sites (tertiary alicyclic amines) is 1. The predicted molar refractivity (Wildman–Crippen MR) is 80.2 cm³/mol. The number of halogens is 2. The topological polar surface area (TPSA) is 20.3 Å². The number of rotatable bonds is 2. The van der Waals surface area contributed by atoms with Crippen LogP contribution in [0.15, 0.2) is 18.2 Å². The lowest BCUT2D eigenvalue weighted by Gasteiger charge is -2.29. The van der Waals surface area contributed by atoms with Crippen molar-refractivity contribution < 1.29 is 4.79 Å². The molecular formula is C15H19Cl2NO. The highest BCUT2D eigenvalue weighted by molar-refractivity contribution is 6.33. The predicted octanol–water partition coefficient (Wildman–Crippen LogP) is 4.27. The SMILES string of the molecule is Cc1ccc(C(=O)N2CCCCCC2CCl)c(Cl)c1. The van der Waals surface area contributed by atoms with Gasteiger partial charge in [0, 0.05) is 18.5 Å². The molecule has 0 aromatic heterocycles. The van der Waals surface area contributed by atoms with E-state index in [1.165, 1.54) is 6.42 Å². The molecule has 1 aromatic carbocycles. The first-order valence-electron chi connectivity index (χ1n) is 6.76. The molecule has 4 heteroatoms. The fourth-order valence-corrected chi connectivity index (χ4v) is 3.19. The quantitative estimate of drug-likeness (QED) is 0.747. The minimum Gasteiger partial charge on any atom is -0.334 e. The number of amides is 1. The van der Waals surface area contributed by atoms with Crippen molar-refractivity contribution in [2.75, 3.05) is 12.4 Å². The van der Waals surface area contributed by atoms with Crippen molar-refractivity contribution in [3.8, 4) is 0 Å². The van der Waals surface area contributed by atoms with Gasteiger partial charge in [-0.1, -0.05) is 30.5 Å². The van der Waals surface area contributed by atoms with Gasteiger partial charge in [-0.2, -0.15) is 0 Å². The molecule has 1 aliphatic heterocycles. The van der Waals surface area contributed by atoms with Crippen molar-refractivity contribution >= 4 is 29.1 Å². The van der Waals surface area contributed by atoms with Crippen LogP contribution in [0.5, 0.6) is 0 Å². The highest BCUT2D eigenvalue weighted by Crippen LogP contribution is 2.24. The van der Waals surface area contributed by atoms with Crippen molar-refractivity contribution in [2.24, 2.45) is 0 Å². The number of nitrogens with zero attached hydrogens (tertiary/aromatic N) is 1. The average Bonchev–Trinajstić information content (AvgIpc) is 2.63. The van der Waals surface area contributed by atoms with Crippen molar-refractivity contribution in [3.05, 3.63) is 34.3 Å². The molecule has 1 fully saturated rings. The van der Waals surface area contributed by atoms with Crippen LogP contribution in [-0.4, -0.2) is 29.3 Å². The van der Waals surface area contributed by atoms with Crippen LogP contribution >= 0.6 is 23.2 Å². The molecule has 1 heterocycles. The lowest BCUT2D eigenvalue weighted by Crippen LogP contribution is -2.41. The minimum atomic E-state index is 0.0116. The number of aryl methyl sites for hydroxylation is 1. The maximum absolute atomic E-state index is 12.6. The van der Waals surface area contributed by atoms with E-state index >= 15 is 0 Å². The van der Waals surface area contributed by atoms with E-state index < -0.39 is 0 Å². The first-order valence-corrected chi connectivity index (χ1v) is 7.68. The molecule has 104 valence electrons. The molecule has 1 amide bonds. The number of alkyl halides is 1. The van der Waals surface area contributed by atoms with Crippen LogP contribution in [0.4, 0.5) is 0 Å². The van der Waals surface area contributed by atoms with Gasteiger partial charge in [0.05, 0.1) is 10.6 Å². The van der Waals surface area contributed by atoms with E-state index in [0.717, 1.165) is 31.4 Å². The first-order chi connectivity index (χ1) is 9.13. The van der Waals surface area contributed by atoms with Gasteiger partial charge in [-0.3, -0.25) is 4.79 Å². The lowest BCUT2D eigenvalue weighted by atomic mass is 10.1. The fourth-order valence-electron chi connectivity index (χ4n) is 2.55. The number of hydrogen-bond acceptors (Lipinski definition) is 1. The zero-order chi connectivity index (χ0) is 13.8. The number of carbonyl (C=O) groups excluding carboxylic acids is 1. The highest BCUT2D eigenvalue weighted by atomic mass is 35.5. The summed E-state index contributed by atoms with van der Waals surface area (Å²) in [6.07, 6.45) is 4.34. The van der Waals surface area contributed by atoms with Crippen molar-refractivity contribution in [3.63, 3.8) is 0 Å². The summed E-state index contributed by atoms with van der Waals surface area (Å²) in [6, 6.07) is 5.71. The normalized spacial score (nSPS) is 20.2. The monoisotopic (exact) mass is 299 g/mol. The Morgan fingerprint density at radius 2 is 2.16 bits per heavy atom. The van der Waals surface area contributed by atoms with Gasteiger partial charge in [-0.05, 0) is 37.5 Å². The molecule has 0 spiro atoms. The Balaban J connectivity index is 2.25. The van der Waals surface area contributed by atoms with Crippen molar-refractivity contribution in [1.29, 1.82) is 0 Å². The third kappa shape index (κ3) is 3.43. The second-order valence-corrected chi connectivity index (χ2v) is 5.86. The Hall–Kier alpha value is -0.730. The standard InChI is InChI=1S/C15H19Cl2NO/c1-11-6-7-13(14(17)9-11)15(19)18-8-4-2-3-5-12(18)10-16/h6-7,9,12H,2-5,8,10H2,1H3. The molecule has 1 saturated heterocycles. The molecule has 1 unspecified atom stereocenters. The molecular weight excluding hydrogens is 281 g/mol. The summed E-state index contributed by atoms with van der Waals surface area (Å²) in [5.41, 5.74) is 1.65. The van der Waals surface area contributed by atoms with E-state index in [1.54, 1.807) is 0 Å². The Bertz CT molecular complexity index is 461. The molecule has 2 rings (SSSR count). The maximum Gasteiger partial charge on any atom is 0.255 e. The molecule has 2 nitrogen and oxygen atoms in total. The Morgan fingerprint density at radius 1 is 1.37 bits per heavy atom. The summed E-state index contributed by atoms with van der Waals surface area (Å²) in [4.78, 5) is 14.5. The Morgan fingerprint density at radius 3 is 2.84 bits per heavy atom. The molecule has 1 aromatic rings. The van der Waals surface area contributed by atoms with Gasteiger partial charge in [0.25, 0.3) is 5.91 Å². The largest absolute Gasteiger partial charge is 0.334 e. The first kappa shape index (κ1) is 14.7. The summed E-state index contributed by atoms with van der Waals surface area (Å²) >= 11 is 12.2. The van der Waals surface area contributed by atoms with E-state index in [0.29, 0.717) is 16.5 Å². The minimum absolute atomic E-state index is 0.0116. The van der Waals surface area contributed by atoms with Gasteiger partial charge in [-0.15, -0.1) is 11.6 Å². The van der Waals surface area contributed by atoms with Crippen LogP contribution < -0.4 is 0 Å². The number of carbonyl (C=O) groups is 1. The van der Waals surface area contributed by atoms with E-state index in [4.69, 9.17) is 23.2 Å². The molecule has 0 N–H and O–H groups in total. The van der Waals surface area contributed by atoms with E-state index in [-0.39, 0.29) is 11.9 Å². The molecule has 19 heavy (non-hydrogen) atoms. The summed E-state index contributed by atoms with van der Waals surface area (Å²) in [5, 5.41) is 0.530. The molecule has 0 saturated carbocycles. The van der Waals surface area contributed by atoms with E-state index in [2.05, 4.69) is 0 Å². The average molecular weight is 300 g/mol. The Labute approximate surface area is 124 Å². The molecule has 1 atom stereocenters. The van der Waals surface area contributed by atoms with Crippen LogP contribution in [0, 0.1) is 6.92 Å². The lowest BCUT2D eigenvalue weighted by molar-refractivity contribution is 0.0700. The van der Waals surface area contributed by atoms with Crippen LogP contribution in [0.25, 0.3) is 0 Å². The van der Waals surface area contributed by atoms with Crippen molar-refractivity contribution in [2.45, 2.75) is 38.6 Å². The van der Waals surface area contributed by atoms with Gasteiger partial charge >= 0.3 is 0 Å². The third-order valence-corrected chi connectivity index (χ3v) is 4.34. The van der Waals surface area contributed by atoms with Gasteiger partial charge in [-0.25, -0.2) is 0 Å². The number of benzene rings is 1. The smallest absolute Gasteiger partial charge is 0.255 e. The highest BCUT2D eigenvalue weighted by Gasteiger charge is 2.26. The van der Waals surface area contributed by atoms with Gasteiger partial charge < -0.3 is 4.90 Å². The molecule has 0 radical (unpaired) electrons. The third-order valence-electron chi connectivity index (χ3n) is 3.67. The Kier molecular flexibility index (Phi) is 5.12.